The molecule has 0 saturated carbocycles. The number of hydrogen-bond acceptors (Lipinski definition) is 4. The van der Waals surface area contributed by atoms with Gasteiger partial charge in [-0.3, -0.25) is 14.6 Å². The van der Waals surface area contributed by atoms with Crippen molar-refractivity contribution in [1.82, 2.24) is 19.8 Å². The first-order chi connectivity index (χ1) is 12.6. The van der Waals surface area contributed by atoms with E-state index < -0.39 is 0 Å². The molecule has 2 atom stereocenters. The highest BCUT2D eigenvalue weighted by atomic mass is 16.2. The number of benzene rings is 1. The molecule has 0 radical (unpaired) electrons. The third-order valence-corrected chi connectivity index (χ3v) is 5.28. The molecule has 134 valence electrons. The van der Waals surface area contributed by atoms with E-state index in [1.165, 1.54) is 6.20 Å². The first-order valence-electron chi connectivity index (χ1n) is 9.04. The Morgan fingerprint density at radius 2 is 1.92 bits per heavy atom. The third-order valence-electron chi connectivity index (χ3n) is 5.28. The van der Waals surface area contributed by atoms with Crippen LogP contribution in [-0.4, -0.2) is 50.7 Å². The standard InChI is InChI=1S/C20H22N4O2/c1-14-9-22-18(10-21-14)20(26)23-12-16-7-8-17(13-23)24(19(16)25)11-15-5-3-2-4-6-15/h2-6,9-10,16-17H,7-8,11-13H2,1H3/t16-,17+/m1/s1. The smallest absolute Gasteiger partial charge is 0.274 e. The number of aryl methyl sites for hydroxylation is 1. The van der Waals surface area contributed by atoms with E-state index >= 15 is 0 Å². The number of nitrogens with zero attached hydrogens (tertiary/aromatic N) is 4. The molecule has 6 nitrogen and oxygen atoms in total. The summed E-state index contributed by atoms with van der Waals surface area (Å²) in [5.41, 5.74) is 2.25. The molecule has 0 unspecified atom stereocenters. The molecule has 3 fully saturated rings. The van der Waals surface area contributed by atoms with Gasteiger partial charge < -0.3 is 9.80 Å². The van der Waals surface area contributed by atoms with Crippen LogP contribution in [-0.2, 0) is 11.3 Å². The summed E-state index contributed by atoms with van der Waals surface area (Å²) in [5, 5.41) is 0. The highest BCUT2D eigenvalue weighted by Gasteiger charge is 2.42. The Labute approximate surface area is 152 Å². The molecular weight excluding hydrogens is 328 g/mol. The molecule has 3 aliphatic heterocycles. The molecular formula is C20H22N4O2. The predicted octanol–water partition coefficient (Wildman–Crippen LogP) is 2.05. The van der Waals surface area contributed by atoms with E-state index in [2.05, 4.69) is 9.97 Å². The van der Waals surface area contributed by atoms with Crippen molar-refractivity contribution in [3.8, 4) is 0 Å². The number of carbonyl (C=O) groups is 2. The molecule has 2 amide bonds. The maximum absolute atomic E-state index is 12.9. The van der Waals surface area contributed by atoms with Gasteiger partial charge >= 0.3 is 0 Å². The molecule has 4 heterocycles. The van der Waals surface area contributed by atoms with Gasteiger partial charge in [0.1, 0.15) is 5.69 Å². The second-order valence-electron chi connectivity index (χ2n) is 7.13. The second kappa shape index (κ2) is 6.86. The van der Waals surface area contributed by atoms with Crippen molar-refractivity contribution >= 4 is 11.8 Å². The molecule has 26 heavy (non-hydrogen) atoms. The monoisotopic (exact) mass is 350 g/mol. The minimum Gasteiger partial charge on any atom is -0.334 e. The number of fused-ring (bicyclic) bond motifs is 4. The Bertz CT molecular complexity index is 806. The largest absolute Gasteiger partial charge is 0.334 e. The maximum atomic E-state index is 12.9. The lowest BCUT2D eigenvalue weighted by molar-refractivity contribution is -0.140. The first kappa shape index (κ1) is 16.7. The van der Waals surface area contributed by atoms with E-state index in [0.29, 0.717) is 25.3 Å². The summed E-state index contributed by atoms with van der Waals surface area (Å²) in [6.45, 7) is 3.47. The Hall–Kier alpha value is -2.76. The minimum atomic E-state index is -0.135. The number of rotatable bonds is 3. The molecule has 0 spiro atoms. The van der Waals surface area contributed by atoms with E-state index in [9.17, 15) is 9.59 Å². The topological polar surface area (TPSA) is 66.4 Å². The van der Waals surface area contributed by atoms with E-state index in [-0.39, 0.29) is 23.8 Å². The summed E-state index contributed by atoms with van der Waals surface area (Å²) in [6, 6.07) is 10.1. The van der Waals surface area contributed by atoms with Crippen LogP contribution < -0.4 is 0 Å². The summed E-state index contributed by atoms with van der Waals surface area (Å²) in [7, 11) is 0. The van der Waals surface area contributed by atoms with Gasteiger partial charge in [-0.25, -0.2) is 4.98 Å². The van der Waals surface area contributed by atoms with Gasteiger partial charge in [-0.05, 0) is 25.3 Å². The quantitative estimate of drug-likeness (QED) is 0.850. The highest BCUT2D eigenvalue weighted by molar-refractivity contribution is 5.93. The van der Waals surface area contributed by atoms with Crippen LogP contribution in [0.5, 0.6) is 0 Å². The number of aromatic nitrogens is 2. The Morgan fingerprint density at radius 1 is 1.12 bits per heavy atom. The van der Waals surface area contributed by atoms with Crippen molar-refractivity contribution in [2.75, 3.05) is 13.1 Å². The van der Waals surface area contributed by atoms with E-state index in [1.54, 1.807) is 11.1 Å². The lowest BCUT2D eigenvalue weighted by Gasteiger charge is -2.36. The second-order valence-corrected chi connectivity index (χ2v) is 7.13. The van der Waals surface area contributed by atoms with Crippen molar-refractivity contribution < 1.29 is 9.59 Å². The molecule has 2 aromatic rings. The summed E-state index contributed by atoms with van der Waals surface area (Å²) in [5.74, 6) is -0.0982. The van der Waals surface area contributed by atoms with Gasteiger partial charge in [0, 0.05) is 31.9 Å². The van der Waals surface area contributed by atoms with Gasteiger partial charge in [0.25, 0.3) is 5.91 Å². The third kappa shape index (κ3) is 3.19. The zero-order chi connectivity index (χ0) is 18.1. The zero-order valence-electron chi connectivity index (χ0n) is 14.8. The SMILES string of the molecule is Cc1cnc(C(=O)N2C[C@H]3CC[C@@H](C2)N(Cc2ccccc2)C3=O)cn1. The van der Waals surface area contributed by atoms with Crippen LogP contribution in [0.25, 0.3) is 0 Å². The number of carbonyl (C=O) groups excluding carboxylic acids is 2. The summed E-state index contributed by atoms with van der Waals surface area (Å²) in [4.78, 5) is 37.9. The number of amides is 2. The molecule has 1 aromatic carbocycles. The van der Waals surface area contributed by atoms with E-state index in [4.69, 9.17) is 0 Å². The van der Waals surface area contributed by atoms with Crippen LogP contribution >= 0.6 is 0 Å². The van der Waals surface area contributed by atoms with Crippen molar-refractivity contribution in [3.63, 3.8) is 0 Å². The molecule has 0 aliphatic carbocycles. The zero-order valence-corrected chi connectivity index (χ0v) is 14.8. The number of hydrogen-bond donors (Lipinski definition) is 0. The fraction of sp³-hybridized carbons (Fsp3) is 0.400. The fourth-order valence-corrected chi connectivity index (χ4v) is 3.86. The summed E-state index contributed by atoms with van der Waals surface area (Å²) >= 11 is 0. The van der Waals surface area contributed by atoms with Crippen molar-refractivity contribution in [2.24, 2.45) is 5.92 Å². The molecule has 2 bridgehead atoms. The summed E-state index contributed by atoms with van der Waals surface area (Å²) < 4.78 is 0. The Morgan fingerprint density at radius 3 is 2.65 bits per heavy atom. The van der Waals surface area contributed by atoms with Crippen molar-refractivity contribution in [3.05, 3.63) is 59.7 Å². The van der Waals surface area contributed by atoms with Crippen molar-refractivity contribution in [2.45, 2.75) is 32.4 Å². The molecule has 0 N–H and O–H groups in total. The van der Waals surface area contributed by atoms with Crippen LogP contribution in [0.1, 0.15) is 34.6 Å². The molecule has 6 heteroatoms. The molecule has 3 saturated heterocycles. The molecule has 1 aromatic heterocycles. The fourth-order valence-electron chi connectivity index (χ4n) is 3.86. The average Bonchev–Trinajstić information content (AvgIpc) is 2.95. The van der Waals surface area contributed by atoms with Gasteiger partial charge in [0.15, 0.2) is 0 Å². The number of piperidine rings is 1. The van der Waals surface area contributed by atoms with Crippen LogP contribution in [0.4, 0.5) is 0 Å². The lowest BCUT2D eigenvalue weighted by atomic mass is 9.93. The van der Waals surface area contributed by atoms with Gasteiger partial charge in [-0.15, -0.1) is 0 Å². The van der Waals surface area contributed by atoms with Gasteiger partial charge in [0.05, 0.1) is 17.8 Å². The Kier molecular flexibility index (Phi) is 4.41. The lowest BCUT2D eigenvalue weighted by Crippen LogP contribution is -2.47. The van der Waals surface area contributed by atoms with Crippen LogP contribution in [0.15, 0.2) is 42.7 Å². The Balaban J connectivity index is 1.54. The van der Waals surface area contributed by atoms with Crippen LogP contribution in [0, 0.1) is 12.8 Å². The van der Waals surface area contributed by atoms with Gasteiger partial charge in [-0.1, -0.05) is 30.3 Å². The maximum Gasteiger partial charge on any atom is 0.274 e. The molecule has 3 aliphatic rings. The predicted molar refractivity (Wildman–Crippen MR) is 96.2 cm³/mol. The average molecular weight is 350 g/mol. The highest BCUT2D eigenvalue weighted by Crippen LogP contribution is 2.30. The van der Waals surface area contributed by atoms with E-state index in [0.717, 1.165) is 24.1 Å². The summed E-state index contributed by atoms with van der Waals surface area (Å²) in [6.07, 6.45) is 4.91. The van der Waals surface area contributed by atoms with Gasteiger partial charge in [-0.2, -0.15) is 0 Å². The van der Waals surface area contributed by atoms with Crippen molar-refractivity contribution in [1.29, 1.82) is 0 Å². The first-order valence-corrected chi connectivity index (χ1v) is 9.04. The molecule has 5 rings (SSSR count). The van der Waals surface area contributed by atoms with Gasteiger partial charge in [0.2, 0.25) is 5.91 Å². The normalized spacial score (nSPS) is 22.4. The van der Waals surface area contributed by atoms with Crippen LogP contribution in [0.3, 0.4) is 0 Å². The van der Waals surface area contributed by atoms with E-state index in [1.807, 2.05) is 42.2 Å². The minimum absolute atomic E-state index is 0.0591. The van der Waals surface area contributed by atoms with Crippen LogP contribution in [0.2, 0.25) is 0 Å².